The third-order valence-corrected chi connectivity index (χ3v) is 12.5. The first-order valence-electron chi connectivity index (χ1n) is 19.4. The lowest BCUT2D eigenvalue weighted by molar-refractivity contribution is -0.136. The Balaban J connectivity index is 0.771. The van der Waals surface area contributed by atoms with E-state index in [1.165, 1.54) is 0 Å². The Morgan fingerprint density at radius 2 is 1.53 bits per heavy atom. The van der Waals surface area contributed by atoms with E-state index in [0.29, 0.717) is 23.5 Å². The Bertz CT molecular complexity index is 2310. The molecule has 0 bridgehead atoms. The van der Waals surface area contributed by atoms with Gasteiger partial charge >= 0.3 is 0 Å². The summed E-state index contributed by atoms with van der Waals surface area (Å²) in [5, 5.41) is 13.3. The van der Waals surface area contributed by atoms with Gasteiger partial charge in [-0.15, -0.1) is 11.3 Å². The summed E-state index contributed by atoms with van der Waals surface area (Å²) in [7, 11) is 0. The molecule has 1 aromatic heterocycles. The topological polar surface area (TPSA) is 129 Å². The van der Waals surface area contributed by atoms with E-state index in [0.717, 1.165) is 112 Å². The summed E-state index contributed by atoms with van der Waals surface area (Å²) in [5.41, 5.74) is 2.69. The van der Waals surface area contributed by atoms with Gasteiger partial charge in [0.2, 0.25) is 11.8 Å². The van der Waals surface area contributed by atoms with Crippen molar-refractivity contribution in [3.63, 3.8) is 0 Å². The van der Waals surface area contributed by atoms with Gasteiger partial charge in [-0.1, -0.05) is 34.1 Å². The van der Waals surface area contributed by atoms with E-state index in [9.17, 15) is 24.3 Å². The number of nitrogens with zero attached hydrogens (tertiary/aromatic N) is 3. The molecule has 3 aliphatic heterocycles. The Morgan fingerprint density at radius 1 is 0.789 bits per heavy atom. The third kappa shape index (κ3) is 8.76. The molecule has 57 heavy (non-hydrogen) atoms. The fourth-order valence-electron chi connectivity index (χ4n) is 7.78. The molecule has 13 heteroatoms. The van der Waals surface area contributed by atoms with Crippen LogP contribution in [0.2, 0.25) is 0 Å². The minimum atomic E-state index is -0.954. The lowest BCUT2D eigenvalue weighted by Gasteiger charge is -2.27. The van der Waals surface area contributed by atoms with Gasteiger partial charge in [-0.3, -0.25) is 34.3 Å². The van der Waals surface area contributed by atoms with Crippen molar-refractivity contribution in [1.82, 2.24) is 20.0 Å². The molecular weight excluding hydrogens is 808 g/mol. The van der Waals surface area contributed by atoms with Gasteiger partial charge in [0.25, 0.3) is 11.8 Å². The molecule has 1 unspecified atom stereocenters. The van der Waals surface area contributed by atoms with Gasteiger partial charge in [-0.25, -0.2) is 0 Å². The summed E-state index contributed by atoms with van der Waals surface area (Å²) in [4.78, 5) is 57.1. The van der Waals surface area contributed by atoms with Crippen LogP contribution in [0.1, 0.15) is 58.4 Å². The fraction of sp³-hybridized carbons (Fsp3) is 0.318. The van der Waals surface area contributed by atoms with Crippen molar-refractivity contribution in [1.29, 1.82) is 0 Å². The molecule has 11 nitrogen and oxygen atoms in total. The first-order chi connectivity index (χ1) is 27.7. The average Bonchev–Trinajstić information content (AvgIpc) is 3.55. The summed E-state index contributed by atoms with van der Waals surface area (Å²) in [5.74, 6) is 0.561. The summed E-state index contributed by atoms with van der Waals surface area (Å²) in [6.45, 7) is 6.49. The Morgan fingerprint density at radius 3 is 2.30 bits per heavy atom. The minimum Gasteiger partial charge on any atom is -0.508 e. The van der Waals surface area contributed by atoms with Crippen molar-refractivity contribution in [3.05, 3.63) is 106 Å². The lowest BCUT2D eigenvalue weighted by atomic mass is 10.0. The van der Waals surface area contributed by atoms with E-state index in [1.54, 1.807) is 35.6 Å². The van der Waals surface area contributed by atoms with Crippen LogP contribution in [0.4, 0.5) is 0 Å². The molecule has 1 atom stereocenters. The molecule has 5 aromatic rings. The number of fused-ring (bicyclic) bond motifs is 2. The molecule has 4 aromatic carbocycles. The fourth-order valence-corrected chi connectivity index (χ4v) is 9.21. The standard InChI is InChI=1S/C44H43BrN4O7S/c45-30-8-6-29(7-9-30)41-40(35-16-10-31(50)27-38(35)57-41)56-33-13-11-32(12-14-33)55-25-24-48-21-3-20-47(22-23-48)19-2-1-4-28-5-15-34-36(26-28)44(54)49(43(34)53)37-17-18-39(51)46-42(37)52/h5-16,26-27,37,50H,1-4,17-25H2,(H,46,51,52). The van der Waals surface area contributed by atoms with Gasteiger partial charge in [0.15, 0.2) is 5.75 Å². The molecule has 2 N–H and O–H groups in total. The van der Waals surface area contributed by atoms with Gasteiger partial charge in [-0.2, -0.15) is 0 Å². The molecule has 4 heterocycles. The predicted molar refractivity (Wildman–Crippen MR) is 222 cm³/mol. The SMILES string of the molecule is O=C1CCC(N2C(=O)c3ccc(CCCCN4CCCN(CCOc5ccc(Oc6c(-c7ccc(Br)cc7)sc7cc(O)ccc67)cc5)CC4)cc3C2=O)C(=O)N1. The summed E-state index contributed by atoms with van der Waals surface area (Å²) < 4.78 is 14.6. The highest BCUT2D eigenvalue weighted by Crippen LogP contribution is 2.47. The van der Waals surface area contributed by atoms with Gasteiger partial charge in [0, 0.05) is 40.6 Å². The van der Waals surface area contributed by atoms with Crippen LogP contribution in [-0.4, -0.2) is 95.4 Å². The highest BCUT2D eigenvalue weighted by Gasteiger charge is 2.44. The molecule has 0 spiro atoms. The van der Waals surface area contributed by atoms with Crippen molar-refractivity contribution in [2.24, 2.45) is 0 Å². The zero-order valence-corrected chi connectivity index (χ0v) is 33.8. The number of ether oxygens (including phenoxy) is 2. The van der Waals surface area contributed by atoms with Gasteiger partial charge in [-0.05, 0) is 130 Å². The predicted octanol–water partition coefficient (Wildman–Crippen LogP) is 7.64. The van der Waals surface area contributed by atoms with Gasteiger partial charge < -0.3 is 19.5 Å². The number of benzene rings is 4. The minimum absolute atomic E-state index is 0.102. The van der Waals surface area contributed by atoms with E-state index in [4.69, 9.17) is 9.47 Å². The summed E-state index contributed by atoms with van der Waals surface area (Å²) in [6.07, 6.45) is 4.11. The van der Waals surface area contributed by atoms with E-state index in [2.05, 4.69) is 43.2 Å². The Labute approximate surface area is 343 Å². The second kappa shape index (κ2) is 17.2. The number of carbonyl (C=O) groups is 4. The van der Waals surface area contributed by atoms with Crippen LogP contribution >= 0.6 is 27.3 Å². The van der Waals surface area contributed by atoms with Crippen molar-refractivity contribution in [3.8, 4) is 33.4 Å². The molecule has 2 saturated heterocycles. The average molecular weight is 852 g/mol. The van der Waals surface area contributed by atoms with Crippen molar-refractivity contribution in [2.75, 3.05) is 45.9 Å². The molecule has 3 aliphatic rings. The molecule has 0 aliphatic carbocycles. The number of phenols is 1. The highest BCUT2D eigenvalue weighted by molar-refractivity contribution is 9.10. The zero-order chi connectivity index (χ0) is 39.5. The highest BCUT2D eigenvalue weighted by atomic mass is 79.9. The molecule has 294 valence electrons. The van der Waals surface area contributed by atoms with E-state index >= 15 is 0 Å². The number of carbonyl (C=O) groups excluding carboxylic acids is 4. The second-order valence-corrected chi connectivity index (χ2v) is 16.7. The van der Waals surface area contributed by atoms with E-state index in [1.807, 2.05) is 48.5 Å². The molecule has 8 rings (SSSR count). The van der Waals surface area contributed by atoms with Crippen LogP contribution in [0.25, 0.3) is 20.5 Å². The maximum absolute atomic E-state index is 13.2. The number of hydrogen-bond donors (Lipinski definition) is 2. The molecule has 2 fully saturated rings. The van der Waals surface area contributed by atoms with Crippen LogP contribution in [-0.2, 0) is 16.0 Å². The van der Waals surface area contributed by atoms with Crippen LogP contribution in [0.15, 0.2) is 89.4 Å². The zero-order valence-electron chi connectivity index (χ0n) is 31.4. The number of hydrogen-bond acceptors (Lipinski definition) is 10. The number of unbranched alkanes of at least 4 members (excludes halogenated alkanes) is 1. The number of rotatable bonds is 13. The maximum Gasteiger partial charge on any atom is 0.262 e. The van der Waals surface area contributed by atoms with Gasteiger partial charge in [0.1, 0.15) is 29.9 Å². The van der Waals surface area contributed by atoms with Gasteiger partial charge in [0.05, 0.1) is 16.0 Å². The van der Waals surface area contributed by atoms with Crippen molar-refractivity contribution < 1.29 is 33.8 Å². The largest absolute Gasteiger partial charge is 0.508 e. The van der Waals surface area contributed by atoms with Crippen LogP contribution in [0.5, 0.6) is 23.0 Å². The first-order valence-corrected chi connectivity index (χ1v) is 21.0. The second-order valence-electron chi connectivity index (χ2n) is 14.7. The number of amides is 4. The lowest BCUT2D eigenvalue weighted by Crippen LogP contribution is -2.54. The van der Waals surface area contributed by atoms with Crippen molar-refractivity contribution in [2.45, 2.75) is 44.6 Å². The number of aryl methyl sites for hydroxylation is 1. The van der Waals surface area contributed by atoms with Crippen LogP contribution < -0.4 is 14.8 Å². The number of aromatic hydroxyl groups is 1. The number of nitrogens with one attached hydrogen (secondary N) is 1. The monoisotopic (exact) mass is 850 g/mol. The molecule has 0 saturated carbocycles. The Hall–Kier alpha value is -5.08. The summed E-state index contributed by atoms with van der Waals surface area (Å²) >= 11 is 5.11. The number of imide groups is 2. The van der Waals surface area contributed by atoms with E-state index < -0.39 is 23.8 Å². The molecule has 4 amide bonds. The molecule has 0 radical (unpaired) electrons. The smallest absolute Gasteiger partial charge is 0.262 e. The number of piperidine rings is 1. The van der Waals surface area contributed by atoms with E-state index in [-0.39, 0.29) is 24.5 Å². The van der Waals surface area contributed by atoms with Crippen molar-refractivity contribution >= 4 is 61.0 Å². The third-order valence-electron chi connectivity index (χ3n) is 10.8. The quantitative estimate of drug-likeness (QED) is 0.0908. The maximum atomic E-state index is 13.2. The van der Waals surface area contributed by atoms with Crippen LogP contribution in [0, 0.1) is 0 Å². The number of halogens is 1. The first kappa shape index (κ1) is 38.8. The van der Waals surface area contributed by atoms with Crippen LogP contribution in [0.3, 0.4) is 0 Å². The summed E-state index contributed by atoms with van der Waals surface area (Å²) in [6, 6.07) is 25.6. The number of phenolic OH excluding ortho intramolecular Hbond substituents is 1. The number of thiophene rings is 1. The molecular formula is C44H43BrN4O7S. The Kier molecular flexibility index (Phi) is 11.7. The normalized spacial score (nSPS) is 17.8.